The second-order valence-electron chi connectivity index (χ2n) is 7.74. The van der Waals surface area contributed by atoms with Gasteiger partial charge in [-0.2, -0.15) is 5.26 Å². The Morgan fingerprint density at radius 2 is 1.84 bits per heavy atom. The van der Waals surface area contributed by atoms with E-state index >= 15 is 0 Å². The molecule has 0 atom stereocenters. The van der Waals surface area contributed by atoms with Gasteiger partial charge in [-0.25, -0.2) is 22.9 Å². The van der Waals surface area contributed by atoms with Crippen LogP contribution in [0.3, 0.4) is 0 Å². The molecule has 2 heterocycles. The topological polar surface area (TPSA) is 116 Å². The van der Waals surface area contributed by atoms with E-state index in [1.165, 1.54) is 24.5 Å². The number of urea groups is 1. The van der Waals surface area contributed by atoms with Gasteiger partial charge in [0.1, 0.15) is 23.1 Å². The number of carbonyl (C=O) groups excluding carboxylic acids is 3. The number of carbonyl (C=O) groups is 3. The Labute approximate surface area is 180 Å². The number of nitrogens with one attached hydrogen (secondary N) is 1. The minimum atomic E-state index is -2.90. The molecule has 2 fully saturated rings. The molecule has 0 radical (unpaired) electrons. The minimum Gasteiger partial charge on any atom is -0.323 e. The van der Waals surface area contributed by atoms with Crippen LogP contribution in [0, 0.1) is 17.1 Å². The lowest BCUT2D eigenvalue weighted by Crippen LogP contribution is -2.51. The van der Waals surface area contributed by atoms with Gasteiger partial charge in [0, 0.05) is 36.4 Å². The number of halogens is 3. The number of imide groups is 1. The van der Waals surface area contributed by atoms with Crippen LogP contribution in [0.5, 0.6) is 0 Å². The predicted octanol–water partition coefficient (Wildman–Crippen LogP) is 2.84. The van der Waals surface area contributed by atoms with Gasteiger partial charge >= 0.3 is 6.03 Å². The van der Waals surface area contributed by atoms with Crippen LogP contribution in [0.4, 0.5) is 18.0 Å². The number of aromatic nitrogens is 2. The number of rotatable bonds is 4. The highest BCUT2D eigenvalue weighted by Gasteiger charge is 2.55. The van der Waals surface area contributed by atoms with Crippen molar-refractivity contribution in [3.05, 3.63) is 47.7 Å². The van der Waals surface area contributed by atoms with E-state index in [1.54, 1.807) is 0 Å². The van der Waals surface area contributed by atoms with Crippen molar-refractivity contribution in [2.24, 2.45) is 0 Å². The predicted molar refractivity (Wildman–Crippen MR) is 103 cm³/mol. The molecule has 2 aliphatic rings. The van der Waals surface area contributed by atoms with E-state index in [-0.39, 0.29) is 35.4 Å². The Kier molecular flexibility index (Phi) is 5.16. The van der Waals surface area contributed by atoms with E-state index in [2.05, 4.69) is 15.3 Å². The summed E-state index contributed by atoms with van der Waals surface area (Å²) in [4.78, 5) is 46.2. The molecule has 1 aromatic carbocycles. The highest BCUT2D eigenvalue weighted by atomic mass is 19.3. The van der Waals surface area contributed by atoms with Crippen molar-refractivity contribution in [3.8, 4) is 17.3 Å². The number of benzene rings is 1. The highest BCUT2D eigenvalue weighted by molar-refractivity contribution is 6.11. The summed E-state index contributed by atoms with van der Waals surface area (Å²) >= 11 is 0. The summed E-state index contributed by atoms with van der Waals surface area (Å²) in [5.41, 5.74) is -1.66. The maximum atomic E-state index is 14.7. The van der Waals surface area contributed by atoms with Crippen molar-refractivity contribution in [3.63, 3.8) is 0 Å². The SMILES string of the molecule is N#Cc1nccnc1-c1ccc(C(=O)CN2C(=O)NC3(CCC(F)(F)CC3)C2=O)cc1F. The van der Waals surface area contributed by atoms with E-state index in [1.807, 2.05) is 6.07 Å². The zero-order chi connectivity index (χ0) is 23.1. The molecule has 2 aromatic rings. The summed E-state index contributed by atoms with van der Waals surface area (Å²) in [5, 5.41) is 11.6. The van der Waals surface area contributed by atoms with Gasteiger partial charge in [-0.15, -0.1) is 0 Å². The number of hydrogen-bond acceptors (Lipinski definition) is 6. The van der Waals surface area contributed by atoms with Crippen LogP contribution in [0.25, 0.3) is 11.3 Å². The van der Waals surface area contributed by atoms with Crippen molar-refractivity contribution < 1.29 is 27.6 Å². The molecule has 3 amide bonds. The van der Waals surface area contributed by atoms with Gasteiger partial charge in [0.25, 0.3) is 5.91 Å². The standard InChI is InChI=1S/C21H16F3N5O3/c22-14-9-12(1-2-13(14)17-15(10-25)26-7-8-27-17)16(30)11-29-18(31)20(28-19(29)32)3-5-21(23,24)6-4-20/h1-2,7-9H,3-6,11H2,(H,28,32). The fourth-order valence-electron chi connectivity index (χ4n) is 3.93. The van der Waals surface area contributed by atoms with Crippen molar-refractivity contribution in [1.29, 1.82) is 5.26 Å². The number of nitriles is 1. The quantitative estimate of drug-likeness (QED) is 0.574. The van der Waals surface area contributed by atoms with Crippen molar-refractivity contribution in [1.82, 2.24) is 20.2 Å². The molecular formula is C21H16F3N5O3. The van der Waals surface area contributed by atoms with Crippen molar-refractivity contribution >= 4 is 17.7 Å². The molecule has 0 bridgehead atoms. The number of nitrogens with zero attached hydrogens (tertiary/aromatic N) is 4. The molecule has 1 aliphatic carbocycles. The van der Waals surface area contributed by atoms with E-state index in [0.29, 0.717) is 4.90 Å². The molecule has 1 aliphatic heterocycles. The van der Waals surface area contributed by atoms with E-state index in [9.17, 15) is 27.6 Å². The molecule has 4 rings (SSSR count). The zero-order valence-electron chi connectivity index (χ0n) is 16.6. The maximum Gasteiger partial charge on any atom is 0.325 e. The molecule has 1 spiro atoms. The van der Waals surface area contributed by atoms with Crippen LogP contribution in [0.1, 0.15) is 41.7 Å². The Bertz CT molecular complexity index is 1170. The summed E-state index contributed by atoms with van der Waals surface area (Å²) in [5.74, 6) is -5.18. The van der Waals surface area contributed by atoms with Gasteiger partial charge in [0.15, 0.2) is 11.5 Å². The van der Waals surface area contributed by atoms with Crippen LogP contribution in [0.15, 0.2) is 30.6 Å². The first-order valence-corrected chi connectivity index (χ1v) is 9.72. The Morgan fingerprint density at radius 1 is 1.16 bits per heavy atom. The van der Waals surface area contributed by atoms with Crippen LogP contribution in [-0.4, -0.2) is 50.6 Å². The largest absolute Gasteiger partial charge is 0.325 e. The Hall–Kier alpha value is -3.81. The van der Waals surface area contributed by atoms with E-state index in [0.717, 1.165) is 6.07 Å². The third-order valence-corrected chi connectivity index (χ3v) is 5.73. The van der Waals surface area contributed by atoms with Crippen molar-refractivity contribution in [2.75, 3.05) is 6.54 Å². The number of ketones is 1. The third-order valence-electron chi connectivity index (χ3n) is 5.73. The molecule has 164 valence electrons. The number of hydrogen-bond donors (Lipinski definition) is 1. The minimum absolute atomic E-state index is 0.0108. The molecule has 11 heteroatoms. The molecular weight excluding hydrogens is 427 g/mol. The van der Waals surface area contributed by atoms with Gasteiger partial charge in [-0.05, 0) is 25.0 Å². The third kappa shape index (κ3) is 3.68. The van der Waals surface area contributed by atoms with Crippen LogP contribution in [-0.2, 0) is 4.79 Å². The number of Topliss-reactive ketones (excluding diaryl/α,β-unsaturated/α-hetero) is 1. The summed E-state index contributed by atoms with van der Waals surface area (Å²) in [6, 6.07) is 4.42. The second kappa shape index (κ2) is 7.71. The summed E-state index contributed by atoms with van der Waals surface area (Å²) < 4.78 is 41.6. The van der Waals surface area contributed by atoms with E-state index < -0.39 is 54.4 Å². The van der Waals surface area contributed by atoms with Gasteiger partial charge < -0.3 is 5.32 Å². The Morgan fingerprint density at radius 3 is 2.50 bits per heavy atom. The van der Waals surface area contributed by atoms with Crippen molar-refractivity contribution in [2.45, 2.75) is 37.1 Å². The maximum absolute atomic E-state index is 14.7. The van der Waals surface area contributed by atoms with Crippen LogP contribution in [0.2, 0.25) is 0 Å². The lowest BCUT2D eigenvalue weighted by Gasteiger charge is -2.34. The molecule has 32 heavy (non-hydrogen) atoms. The van der Waals surface area contributed by atoms with Gasteiger partial charge in [0.05, 0.1) is 6.54 Å². The first-order valence-electron chi connectivity index (χ1n) is 9.72. The highest BCUT2D eigenvalue weighted by Crippen LogP contribution is 2.41. The van der Waals surface area contributed by atoms with Gasteiger partial charge in [0.2, 0.25) is 5.92 Å². The summed E-state index contributed by atoms with van der Waals surface area (Å²) in [6.45, 7) is -0.657. The zero-order valence-corrected chi connectivity index (χ0v) is 16.6. The molecule has 1 aromatic heterocycles. The Balaban J connectivity index is 1.52. The first kappa shape index (κ1) is 21.4. The normalized spacial score (nSPS) is 19.0. The molecule has 1 saturated carbocycles. The number of amides is 3. The fourth-order valence-corrected chi connectivity index (χ4v) is 3.93. The molecule has 1 saturated heterocycles. The van der Waals surface area contributed by atoms with Crippen LogP contribution >= 0.6 is 0 Å². The molecule has 1 N–H and O–H groups in total. The monoisotopic (exact) mass is 443 g/mol. The number of alkyl halides is 2. The average molecular weight is 443 g/mol. The lowest BCUT2D eigenvalue weighted by atomic mass is 9.80. The smallest absolute Gasteiger partial charge is 0.323 e. The first-order chi connectivity index (χ1) is 15.2. The summed E-state index contributed by atoms with van der Waals surface area (Å²) in [7, 11) is 0. The second-order valence-corrected chi connectivity index (χ2v) is 7.74. The van der Waals surface area contributed by atoms with E-state index in [4.69, 9.17) is 5.26 Å². The fraction of sp³-hybridized carbons (Fsp3) is 0.333. The average Bonchev–Trinajstić information content (AvgIpc) is 3.00. The van der Waals surface area contributed by atoms with Gasteiger partial charge in [-0.3, -0.25) is 19.5 Å². The lowest BCUT2D eigenvalue weighted by molar-refractivity contribution is -0.135. The summed E-state index contributed by atoms with van der Waals surface area (Å²) in [6.07, 6.45) is 1.05. The molecule has 8 nitrogen and oxygen atoms in total. The van der Waals surface area contributed by atoms with Gasteiger partial charge in [-0.1, -0.05) is 6.07 Å². The van der Waals surface area contributed by atoms with Crippen LogP contribution < -0.4 is 5.32 Å². The molecule has 0 unspecified atom stereocenters.